The summed E-state index contributed by atoms with van der Waals surface area (Å²) in [6.45, 7) is 1.56. The van der Waals surface area contributed by atoms with Crippen molar-refractivity contribution in [2.24, 2.45) is 0 Å². The minimum Gasteiger partial charge on any atom is -0.383 e. The molecule has 9 heavy (non-hydrogen) atoms. The molecule has 0 radical (unpaired) electrons. The van der Waals surface area contributed by atoms with Crippen molar-refractivity contribution in [2.45, 2.75) is 13.2 Å². The van der Waals surface area contributed by atoms with Gasteiger partial charge in [-0.15, -0.1) is 0 Å². The Morgan fingerprint density at radius 3 is 2.44 bits per heavy atom. The van der Waals surface area contributed by atoms with Crippen LogP contribution in [0.4, 0.5) is 0 Å². The predicted molar refractivity (Wildman–Crippen MR) is 32.7 cm³/mol. The highest BCUT2D eigenvalue weighted by Crippen LogP contribution is 1.86. The van der Waals surface area contributed by atoms with Crippen LogP contribution in [-0.2, 0) is 0 Å². The maximum absolute atomic E-state index is 8.68. The van der Waals surface area contributed by atoms with Gasteiger partial charge >= 0.3 is 0 Å². The molecule has 0 spiro atoms. The van der Waals surface area contributed by atoms with Gasteiger partial charge in [0.2, 0.25) is 6.29 Å². The number of nitrogens with zero attached hydrogens (tertiary/aromatic N) is 1. The Bertz CT molecular complexity index is 158. The summed E-state index contributed by atoms with van der Waals surface area (Å²) < 4.78 is 1.45. The van der Waals surface area contributed by atoms with E-state index in [2.05, 4.69) is 0 Å². The van der Waals surface area contributed by atoms with Crippen LogP contribution in [0, 0.1) is 0 Å². The highest BCUT2D eigenvalue weighted by molar-refractivity contribution is 4.87. The second-order valence-electron chi connectivity index (χ2n) is 1.75. The largest absolute Gasteiger partial charge is 0.383 e. The molecule has 3 nitrogen and oxygen atoms in total. The van der Waals surface area contributed by atoms with Crippen LogP contribution in [0.2, 0.25) is 0 Å². The lowest BCUT2D eigenvalue weighted by Crippen LogP contribution is -2.19. The Labute approximate surface area is 53.4 Å². The zero-order valence-corrected chi connectivity index (χ0v) is 5.19. The van der Waals surface area contributed by atoms with Gasteiger partial charge in [0, 0.05) is 19.3 Å². The number of aliphatic hydroxyl groups is 1. The first kappa shape index (κ1) is 6.16. The summed E-state index contributed by atoms with van der Waals surface area (Å²) in [5.74, 6) is 0. The molecule has 0 aromatic carbocycles. The van der Waals surface area contributed by atoms with Crippen molar-refractivity contribution in [2.75, 3.05) is 0 Å². The van der Waals surface area contributed by atoms with Crippen LogP contribution in [0.1, 0.15) is 6.92 Å². The number of hydrogen-bond acceptors (Lipinski definition) is 2. The van der Waals surface area contributed by atoms with Gasteiger partial charge in [0.15, 0.2) is 0 Å². The molecule has 1 N–H and O–H groups in total. The van der Waals surface area contributed by atoms with Crippen LogP contribution >= 0.6 is 0 Å². The van der Waals surface area contributed by atoms with E-state index in [1.807, 2.05) is 12.1 Å². The van der Waals surface area contributed by atoms with E-state index in [-0.39, 0.29) is 0 Å². The van der Waals surface area contributed by atoms with Crippen molar-refractivity contribution >= 4 is 0 Å². The second-order valence-corrected chi connectivity index (χ2v) is 1.75. The summed E-state index contributed by atoms with van der Waals surface area (Å²) in [7, 11) is 0. The van der Waals surface area contributed by atoms with Gasteiger partial charge in [0.1, 0.15) is 0 Å². The highest BCUT2D eigenvalue weighted by Gasteiger charge is 1.92. The van der Waals surface area contributed by atoms with Crippen LogP contribution in [0.25, 0.3) is 0 Å². The molecule has 1 heterocycles. The maximum atomic E-state index is 8.68. The van der Waals surface area contributed by atoms with Gasteiger partial charge in [0.25, 0.3) is 0 Å². The van der Waals surface area contributed by atoms with E-state index < -0.39 is 6.29 Å². The van der Waals surface area contributed by atoms with Gasteiger partial charge in [-0.1, -0.05) is 0 Å². The smallest absolute Gasteiger partial charge is 0.219 e. The Hall–Kier alpha value is -0.960. The van der Waals surface area contributed by atoms with E-state index in [0.29, 0.717) is 0 Å². The minimum absolute atomic E-state index is 0.752. The fourth-order valence-electron chi connectivity index (χ4n) is 0.565. The molecule has 0 amide bonds. The van der Waals surface area contributed by atoms with E-state index in [1.54, 1.807) is 19.3 Å². The molecule has 1 rings (SSSR count). The molecule has 0 fully saturated rings. The normalized spacial score (nSPS) is 13.1. The Morgan fingerprint density at radius 1 is 1.44 bits per heavy atom. The van der Waals surface area contributed by atoms with Crippen molar-refractivity contribution in [3.05, 3.63) is 24.5 Å². The van der Waals surface area contributed by atoms with Crippen LogP contribution in [0.15, 0.2) is 24.5 Å². The first-order valence-electron chi connectivity index (χ1n) is 2.77. The fraction of sp³-hybridized carbons (Fsp3) is 0.333. The van der Waals surface area contributed by atoms with Gasteiger partial charge in [-0.2, -0.15) is 4.73 Å². The summed E-state index contributed by atoms with van der Waals surface area (Å²) in [4.78, 5) is 4.83. The molecule has 1 unspecified atom stereocenters. The van der Waals surface area contributed by atoms with Gasteiger partial charge in [-0.25, -0.2) is 0 Å². The third-order valence-electron chi connectivity index (χ3n) is 0.851. The maximum Gasteiger partial charge on any atom is 0.219 e. The number of aliphatic hydroxyl groups excluding tert-OH is 1. The molecule has 0 bridgehead atoms. The lowest BCUT2D eigenvalue weighted by molar-refractivity contribution is -0.0904. The van der Waals surface area contributed by atoms with Gasteiger partial charge in [-0.05, 0) is 12.1 Å². The van der Waals surface area contributed by atoms with Crippen LogP contribution in [-0.4, -0.2) is 16.1 Å². The number of hydrogen-bond donors (Lipinski definition) is 1. The average molecular weight is 127 g/mol. The van der Waals surface area contributed by atoms with Gasteiger partial charge in [-0.3, -0.25) is 0 Å². The van der Waals surface area contributed by atoms with E-state index in [9.17, 15) is 0 Å². The molecule has 0 aliphatic heterocycles. The SMILES string of the molecule is CC(O)On1cccc1. The fourth-order valence-corrected chi connectivity index (χ4v) is 0.565. The van der Waals surface area contributed by atoms with Gasteiger partial charge in [0.05, 0.1) is 0 Å². The molecular weight excluding hydrogens is 118 g/mol. The molecule has 0 aliphatic rings. The first-order valence-corrected chi connectivity index (χ1v) is 2.77. The molecule has 3 heteroatoms. The molecule has 0 saturated carbocycles. The average Bonchev–Trinajstić information content (AvgIpc) is 2.15. The first-order chi connectivity index (χ1) is 4.29. The molecule has 1 aromatic heterocycles. The van der Waals surface area contributed by atoms with E-state index in [4.69, 9.17) is 9.94 Å². The minimum atomic E-state index is -0.752. The topological polar surface area (TPSA) is 34.4 Å². The summed E-state index contributed by atoms with van der Waals surface area (Å²) >= 11 is 0. The zero-order valence-electron chi connectivity index (χ0n) is 5.19. The molecule has 1 aromatic rings. The van der Waals surface area contributed by atoms with E-state index >= 15 is 0 Å². The summed E-state index contributed by atoms with van der Waals surface area (Å²) in [5, 5.41) is 8.68. The Balaban J connectivity index is 2.48. The highest BCUT2D eigenvalue weighted by atomic mass is 16.7. The van der Waals surface area contributed by atoms with Crippen molar-refractivity contribution in [1.82, 2.24) is 4.73 Å². The monoisotopic (exact) mass is 127 g/mol. The van der Waals surface area contributed by atoms with Crippen molar-refractivity contribution < 1.29 is 9.94 Å². The van der Waals surface area contributed by atoms with Crippen LogP contribution < -0.4 is 4.84 Å². The lowest BCUT2D eigenvalue weighted by atomic mass is 10.7. The molecule has 0 saturated heterocycles. The predicted octanol–water partition coefficient (Wildman–Crippen LogP) is 0.255. The number of rotatable bonds is 2. The summed E-state index contributed by atoms with van der Waals surface area (Å²) in [5.41, 5.74) is 0. The Kier molecular flexibility index (Phi) is 1.75. The van der Waals surface area contributed by atoms with Crippen molar-refractivity contribution in [3.63, 3.8) is 0 Å². The van der Waals surface area contributed by atoms with E-state index in [0.717, 1.165) is 0 Å². The molecule has 1 atom stereocenters. The third kappa shape index (κ3) is 1.77. The lowest BCUT2D eigenvalue weighted by Gasteiger charge is -2.07. The third-order valence-corrected chi connectivity index (χ3v) is 0.851. The van der Waals surface area contributed by atoms with E-state index in [1.165, 1.54) is 4.73 Å². The zero-order chi connectivity index (χ0) is 6.69. The van der Waals surface area contributed by atoms with Crippen molar-refractivity contribution in [3.8, 4) is 0 Å². The molecule has 0 aliphatic carbocycles. The Morgan fingerprint density at radius 2 is 2.00 bits per heavy atom. The summed E-state index contributed by atoms with van der Waals surface area (Å²) in [6.07, 6.45) is 2.68. The summed E-state index contributed by atoms with van der Waals surface area (Å²) in [6, 6.07) is 3.64. The standard InChI is InChI=1S/C6H9NO2/c1-6(8)9-7-4-2-3-5-7/h2-6,8H,1H3. The second kappa shape index (κ2) is 2.55. The molecular formula is C6H9NO2. The van der Waals surface area contributed by atoms with Gasteiger partial charge < -0.3 is 9.94 Å². The molecule has 50 valence electrons. The quantitative estimate of drug-likeness (QED) is 0.578. The van der Waals surface area contributed by atoms with Crippen LogP contribution in [0.5, 0.6) is 0 Å². The van der Waals surface area contributed by atoms with Crippen molar-refractivity contribution in [1.29, 1.82) is 0 Å². The van der Waals surface area contributed by atoms with Crippen LogP contribution in [0.3, 0.4) is 0 Å². The number of aromatic nitrogens is 1.